The van der Waals surface area contributed by atoms with Gasteiger partial charge >= 0.3 is 5.97 Å². The fraction of sp³-hybridized carbons (Fsp3) is 0.852. The average molecular weight is 428 g/mol. The molecule has 3 saturated carbocycles. The summed E-state index contributed by atoms with van der Waals surface area (Å²) in [5.74, 6) is 2.45. The van der Waals surface area contributed by atoms with E-state index in [1.54, 1.807) is 0 Å². The van der Waals surface area contributed by atoms with Gasteiger partial charge in [0.15, 0.2) is 5.78 Å². The van der Waals surface area contributed by atoms with Gasteiger partial charge in [0.25, 0.3) is 0 Å². The molecule has 0 aromatic rings. The Morgan fingerprint density at radius 2 is 1.84 bits per heavy atom. The Morgan fingerprint density at radius 3 is 2.65 bits per heavy atom. The number of ether oxygens (including phenoxy) is 1. The molecule has 5 rings (SSSR count). The molecular formula is C27H41NO3. The lowest BCUT2D eigenvalue weighted by atomic mass is 9.47. The number of nitrogens with zero attached hydrogens (tertiary/aromatic N) is 1. The summed E-state index contributed by atoms with van der Waals surface area (Å²) in [6, 6.07) is 0. The molecule has 31 heavy (non-hydrogen) atoms. The van der Waals surface area contributed by atoms with Crippen LogP contribution in [-0.4, -0.2) is 42.4 Å². The number of carbonyl (C=O) groups is 2. The number of hydrogen-bond acceptors (Lipinski definition) is 4. The third kappa shape index (κ3) is 3.81. The van der Waals surface area contributed by atoms with Gasteiger partial charge in [-0.3, -0.25) is 9.59 Å². The SMILES string of the molecule is C[C@@]12CC[C@@H]3[C@H](CCC4=CC(=O)CC[C@@]43C)[C@H]1CC[C@H]2OC(=O)CCN1CCCCC1. The number of hydrogen-bond donors (Lipinski definition) is 0. The zero-order chi connectivity index (χ0) is 21.6. The number of rotatable bonds is 4. The van der Waals surface area contributed by atoms with E-state index >= 15 is 0 Å². The molecule has 1 aliphatic heterocycles. The summed E-state index contributed by atoms with van der Waals surface area (Å²) in [5.41, 5.74) is 1.80. The highest BCUT2D eigenvalue weighted by Crippen LogP contribution is 2.65. The molecule has 0 amide bonds. The number of esters is 1. The summed E-state index contributed by atoms with van der Waals surface area (Å²) in [6.07, 6.45) is 15.2. The van der Waals surface area contributed by atoms with Crippen LogP contribution in [0.15, 0.2) is 11.6 Å². The summed E-state index contributed by atoms with van der Waals surface area (Å²) >= 11 is 0. The van der Waals surface area contributed by atoms with Gasteiger partial charge in [0.2, 0.25) is 0 Å². The smallest absolute Gasteiger partial charge is 0.307 e. The Morgan fingerprint density at radius 1 is 1.03 bits per heavy atom. The Labute approximate surface area is 188 Å². The lowest BCUT2D eigenvalue weighted by Crippen LogP contribution is -2.51. The predicted octanol–water partition coefficient (Wildman–Crippen LogP) is 5.31. The summed E-state index contributed by atoms with van der Waals surface area (Å²) in [6.45, 7) is 8.00. The van der Waals surface area contributed by atoms with Gasteiger partial charge < -0.3 is 9.64 Å². The van der Waals surface area contributed by atoms with Crippen LogP contribution in [0.4, 0.5) is 0 Å². The summed E-state index contributed by atoms with van der Waals surface area (Å²) in [4.78, 5) is 27.2. The van der Waals surface area contributed by atoms with Gasteiger partial charge in [0.1, 0.15) is 6.10 Å². The molecule has 0 N–H and O–H groups in total. The van der Waals surface area contributed by atoms with Gasteiger partial charge in [-0.05, 0) is 100 Å². The van der Waals surface area contributed by atoms with Crippen molar-refractivity contribution in [2.75, 3.05) is 19.6 Å². The standard InChI is InChI=1S/C27H41NO3/c1-26-13-10-20(29)18-19(26)6-7-21-22-8-9-24(27(22,2)14-11-23(21)26)31-25(30)12-17-28-15-4-3-5-16-28/h18,21-24H,3-17H2,1-2H3/t21-,22-,23-,24-,26+,27-/m1/s1. The van der Waals surface area contributed by atoms with E-state index in [1.807, 2.05) is 6.08 Å². The van der Waals surface area contributed by atoms with E-state index in [0.29, 0.717) is 24.0 Å². The normalized spacial score (nSPS) is 42.9. The molecule has 4 nitrogen and oxygen atoms in total. The quantitative estimate of drug-likeness (QED) is 0.571. The van der Waals surface area contributed by atoms with Crippen LogP contribution in [0, 0.1) is 28.6 Å². The maximum atomic E-state index is 12.7. The lowest BCUT2D eigenvalue weighted by molar-refractivity contribution is -0.160. The molecule has 4 fully saturated rings. The molecule has 0 radical (unpaired) electrons. The van der Waals surface area contributed by atoms with Crippen LogP contribution in [-0.2, 0) is 14.3 Å². The first kappa shape index (κ1) is 21.7. The molecule has 4 aliphatic carbocycles. The van der Waals surface area contributed by atoms with E-state index in [-0.39, 0.29) is 22.9 Å². The first-order valence-electron chi connectivity index (χ1n) is 13.1. The van der Waals surface area contributed by atoms with Crippen molar-refractivity contribution < 1.29 is 14.3 Å². The molecule has 4 heteroatoms. The van der Waals surface area contributed by atoms with E-state index in [2.05, 4.69) is 18.7 Å². The Hall–Kier alpha value is -1.16. The highest BCUT2D eigenvalue weighted by Gasteiger charge is 2.59. The molecule has 1 heterocycles. The van der Waals surface area contributed by atoms with Gasteiger partial charge in [-0.1, -0.05) is 25.8 Å². The van der Waals surface area contributed by atoms with E-state index in [1.165, 1.54) is 50.5 Å². The highest BCUT2D eigenvalue weighted by atomic mass is 16.5. The van der Waals surface area contributed by atoms with Gasteiger partial charge in [-0.25, -0.2) is 0 Å². The molecule has 0 aromatic heterocycles. The molecule has 5 aliphatic rings. The third-order valence-electron chi connectivity index (χ3n) is 10.2. The Balaban J connectivity index is 1.23. The van der Waals surface area contributed by atoms with Crippen LogP contribution in [0.3, 0.4) is 0 Å². The largest absolute Gasteiger partial charge is 0.462 e. The molecule has 0 unspecified atom stereocenters. The fourth-order valence-corrected chi connectivity index (χ4v) is 8.35. The van der Waals surface area contributed by atoms with Crippen molar-refractivity contribution >= 4 is 11.8 Å². The number of piperidine rings is 1. The average Bonchev–Trinajstić information content (AvgIpc) is 3.10. The number of fused-ring (bicyclic) bond motifs is 5. The molecular weight excluding hydrogens is 386 g/mol. The van der Waals surface area contributed by atoms with Crippen molar-refractivity contribution in [2.45, 2.75) is 97.0 Å². The van der Waals surface area contributed by atoms with E-state index < -0.39 is 0 Å². The number of ketones is 1. The zero-order valence-electron chi connectivity index (χ0n) is 19.7. The van der Waals surface area contributed by atoms with Crippen molar-refractivity contribution in [2.24, 2.45) is 28.6 Å². The Bertz CT molecular complexity index is 754. The monoisotopic (exact) mass is 427 g/mol. The molecule has 6 atom stereocenters. The summed E-state index contributed by atoms with van der Waals surface area (Å²) < 4.78 is 6.18. The molecule has 0 spiro atoms. The second-order valence-electron chi connectivity index (χ2n) is 11.7. The van der Waals surface area contributed by atoms with E-state index in [9.17, 15) is 9.59 Å². The number of carbonyl (C=O) groups excluding carboxylic acids is 2. The topological polar surface area (TPSA) is 46.6 Å². The van der Waals surface area contributed by atoms with Crippen molar-refractivity contribution in [1.82, 2.24) is 4.90 Å². The van der Waals surface area contributed by atoms with Crippen molar-refractivity contribution in [3.8, 4) is 0 Å². The fourth-order valence-electron chi connectivity index (χ4n) is 8.35. The second kappa shape index (κ2) is 8.32. The van der Waals surface area contributed by atoms with Gasteiger partial charge in [0.05, 0.1) is 6.42 Å². The minimum atomic E-state index is 0.0196. The minimum absolute atomic E-state index is 0.0196. The lowest BCUT2D eigenvalue weighted by Gasteiger charge is -2.57. The van der Waals surface area contributed by atoms with Gasteiger partial charge in [-0.15, -0.1) is 0 Å². The van der Waals surface area contributed by atoms with Crippen LogP contribution >= 0.6 is 0 Å². The van der Waals surface area contributed by atoms with Crippen LogP contribution in [0.25, 0.3) is 0 Å². The van der Waals surface area contributed by atoms with Crippen LogP contribution < -0.4 is 0 Å². The number of allylic oxidation sites excluding steroid dienone is 1. The molecule has 0 bridgehead atoms. The van der Waals surface area contributed by atoms with Crippen LogP contribution in [0.1, 0.15) is 90.9 Å². The first-order valence-corrected chi connectivity index (χ1v) is 13.1. The second-order valence-corrected chi connectivity index (χ2v) is 11.7. The van der Waals surface area contributed by atoms with E-state index in [0.717, 1.165) is 51.2 Å². The Kier molecular flexibility index (Phi) is 5.82. The van der Waals surface area contributed by atoms with Crippen molar-refractivity contribution in [3.63, 3.8) is 0 Å². The minimum Gasteiger partial charge on any atom is -0.462 e. The molecule has 172 valence electrons. The van der Waals surface area contributed by atoms with Gasteiger partial charge in [-0.2, -0.15) is 0 Å². The summed E-state index contributed by atoms with van der Waals surface area (Å²) in [7, 11) is 0. The number of likely N-dealkylation sites (tertiary alicyclic amines) is 1. The van der Waals surface area contributed by atoms with Gasteiger partial charge in [0, 0.05) is 18.4 Å². The van der Waals surface area contributed by atoms with Crippen LogP contribution in [0.5, 0.6) is 0 Å². The first-order chi connectivity index (χ1) is 14.9. The predicted molar refractivity (Wildman–Crippen MR) is 121 cm³/mol. The zero-order valence-corrected chi connectivity index (χ0v) is 19.7. The van der Waals surface area contributed by atoms with Crippen LogP contribution in [0.2, 0.25) is 0 Å². The maximum Gasteiger partial charge on any atom is 0.307 e. The maximum absolute atomic E-state index is 12.7. The van der Waals surface area contributed by atoms with Crippen molar-refractivity contribution in [3.05, 3.63) is 11.6 Å². The molecule has 0 aromatic carbocycles. The third-order valence-corrected chi connectivity index (χ3v) is 10.2. The molecule has 1 saturated heterocycles. The van der Waals surface area contributed by atoms with E-state index in [4.69, 9.17) is 4.74 Å². The summed E-state index contributed by atoms with van der Waals surface area (Å²) in [5, 5.41) is 0. The van der Waals surface area contributed by atoms with Crippen molar-refractivity contribution in [1.29, 1.82) is 0 Å². The highest BCUT2D eigenvalue weighted by molar-refractivity contribution is 5.91.